The van der Waals surface area contributed by atoms with E-state index in [0.717, 1.165) is 25.7 Å². The summed E-state index contributed by atoms with van der Waals surface area (Å²) in [6.07, 6.45) is 5.86. The van der Waals surface area contributed by atoms with Gasteiger partial charge in [0.05, 0.1) is 20.6 Å². The zero-order valence-corrected chi connectivity index (χ0v) is 12.0. The molecule has 1 heterocycles. The Balaban J connectivity index is 2.04. The third-order valence-corrected chi connectivity index (χ3v) is 4.35. The van der Waals surface area contributed by atoms with Crippen LogP contribution in [0.25, 0.3) is 0 Å². The number of hydrogen-bond acceptors (Lipinski definition) is 4. The number of hydrogen-bond donors (Lipinski definition) is 0. The summed E-state index contributed by atoms with van der Waals surface area (Å²) in [5.74, 6) is 1.92. The maximum absolute atomic E-state index is 12.5. The highest BCUT2D eigenvalue weighted by atomic mass is 16.5. The van der Waals surface area contributed by atoms with Gasteiger partial charge in [-0.1, -0.05) is 6.42 Å². The Morgan fingerprint density at radius 2 is 1.85 bits per heavy atom. The van der Waals surface area contributed by atoms with Gasteiger partial charge in [-0.25, -0.2) is 0 Å². The zero-order valence-electron chi connectivity index (χ0n) is 12.0. The molecule has 1 fully saturated rings. The quantitative estimate of drug-likeness (QED) is 0.830. The molecule has 0 aromatic heterocycles. The van der Waals surface area contributed by atoms with Gasteiger partial charge in [-0.2, -0.15) is 0 Å². The third-order valence-electron chi connectivity index (χ3n) is 4.35. The second kappa shape index (κ2) is 5.00. The molecular weight excluding hydrogens is 256 g/mol. The van der Waals surface area contributed by atoms with Crippen molar-refractivity contribution in [3.63, 3.8) is 0 Å². The molecule has 1 aliphatic heterocycles. The van der Waals surface area contributed by atoms with Crippen LogP contribution < -0.4 is 14.2 Å². The first kappa shape index (κ1) is 13.3. The number of Topliss-reactive ketones (excluding diaryl/α,β-unsaturated/α-hetero) is 1. The van der Waals surface area contributed by atoms with E-state index in [1.807, 2.05) is 0 Å². The lowest BCUT2D eigenvalue weighted by molar-refractivity contribution is 0.0130. The van der Waals surface area contributed by atoms with Crippen molar-refractivity contribution < 1.29 is 19.0 Å². The van der Waals surface area contributed by atoms with Gasteiger partial charge in [-0.05, 0) is 25.7 Å². The van der Waals surface area contributed by atoms with E-state index in [1.54, 1.807) is 26.4 Å². The lowest BCUT2D eigenvalue weighted by atomic mass is 9.78. The third kappa shape index (κ3) is 2.13. The van der Waals surface area contributed by atoms with Crippen LogP contribution in [0.2, 0.25) is 0 Å². The molecule has 108 valence electrons. The summed E-state index contributed by atoms with van der Waals surface area (Å²) in [4.78, 5) is 12.5. The normalized spacial score (nSPS) is 20.2. The Kier molecular flexibility index (Phi) is 3.32. The molecule has 1 spiro atoms. The highest BCUT2D eigenvalue weighted by molar-refractivity contribution is 6.03. The summed E-state index contributed by atoms with van der Waals surface area (Å²) in [5, 5.41) is 0. The highest BCUT2D eigenvalue weighted by Gasteiger charge is 2.42. The molecule has 1 aromatic rings. The highest BCUT2D eigenvalue weighted by Crippen LogP contribution is 2.46. The van der Waals surface area contributed by atoms with E-state index in [0.29, 0.717) is 29.2 Å². The predicted molar refractivity (Wildman–Crippen MR) is 74.9 cm³/mol. The summed E-state index contributed by atoms with van der Waals surface area (Å²) in [6, 6.07) is 3.53. The SMILES string of the molecule is COc1cc(OC)c2c(c1)OC1(CCCCC1)CC2=O. The molecule has 0 bridgehead atoms. The Morgan fingerprint density at radius 3 is 2.50 bits per heavy atom. The van der Waals surface area contributed by atoms with Gasteiger partial charge in [0, 0.05) is 12.1 Å². The number of rotatable bonds is 2. The fourth-order valence-corrected chi connectivity index (χ4v) is 3.33. The smallest absolute Gasteiger partial charge is 0.174 e. The van der Waals surface area contributed by atoms with Crippen LogP contribution in [-0.2, 0) is 0 Å². The van der Waals surface area contributed by atoms with E-state index >= 15 is 0 Å². The van der Waals surface area contributed by atoms with Crippen molar-refractivity contribution in [3.05, 3.63) is 17.7 Å². The Bertz CT molecular complexity index is 530. The first-order valence-corrected chi connectivity index (χ1v) is 7.16. The number of carbonyl (C=O) groups excluding carboxylic acids is 1. The van der Waals surface area contributed by atoms with Gasteiger partial charge in [0.15, 0.2) is 5.78 Å². The number of benzene rings is 1. The Morgan fingerprint density at radius 1 is 1.10 bits per heavy atom. The van der Waals surface area contributed by atoms with Crippen LogP contribution in [0.3, 0.4) is 0 Å². The molecule has 0 atom stereocenters. The molecule has 0 radical (unpaired) electrons. The van der Waals surface area contributed by atoms with Gasteiger partial charge in [-0.15, -0.1) is 0 Å². The molecular formula is C16H20O4. The molecule has 0 N–H and O–H groups in total. The van der Waals surface area contributed by atoms with E-state index in [1.165, 1.54) is 6.42 Å². The summed E-state index contributed by atoms with van der Waals surface area (Å²) in [5.41, 5.74) is 0.254. The molecule has 0 unspecified atom stereocenters. The first-order chi connectivity index (χ1) is 9.67. The molecule has 3 rings (SSSR count). The van der Waals surface area contributed by atoms with Crippen molar-refractivity contribution >= 4 is 5.78 Å². The lowest BCUT2D eigenvalue weighted by Gasteiger charge is -2.41. The molecule has 4 nitrogen and oxygen atoms in total. The largest absolute Gasteiger partial charge is 0.496 e. The van der Waals surface area contributed by atoms with E-state index < -0.39 is 0 Å². The number of ketones is 1. The number of carbonyl (C=O) groups is 1. The lowest BCUT2D eigenvalue weighted by Crippen LogP contribution is -2.43. The van der Waals surface area contributed by atoms with Crippen LogP contribution in [0, 0.1) is 0 Å². The summed E-state index contributed by atoms with van der Waals surface area (Å²) >= 11 is 0. The minimum absolute atomic E-state index is 0.118. The van der Waals surface area contributed by atoms with E-state index in [2.05, 4.69) is 0 Å². The van der Waals surface area contributed by atoms with Crippen molar-refractivity contribution in [2.75, 3.05) is 14.2 Å². The van der Waals surface area contributed by atoms with Gasteiger partial charge >= 0.3 is 0 Å². The van der Waals surface area contributed by atoms with Crippen LogP contribution in [0.15, 0.2) is 12.1 Å². The topological polar surface area (TPSA) is 44.8 Å². The van der Waals surface area contributed by atoms with Crippen molar-refractivity contribution in [3.8, 4) is 17.2 Å². The van der Waals surface area contributed by atoms with Gasteiger partial charge in [0.1, 0.15) is 28.4 Å². The Labute approximate surface area is 119 Å². The van der Waals surface area contributed by atoms with Crippen LogP contribution in [0.5, 0.6) is 17.2 Å². The van der Waals surface area contributed by atoms with Crippen molar-refractivity contribution in [1.82, 2.24) is 0 Å². The molecule has 1 aliphatic carbocycles. The van der Waals surface area contributed by atoms with Gasteiger partial charge in [0.2, 0.25) is 0 Å². The fraction of sp³-hybridized carbons (Fsp3) is 0.562. The molecule has 1 aromatic carbocycles. The second-order valence-electron chi connectivity index (χ2n) is 5.65. The number of methoxy groups -OCH3 is 2. The maximum atomic E-state index is 12.5. The van der Waals surface area contributed by atoms with Crippen molar-refractivity contribution in [2.45, 2.75) is 44.1 Å². The second-order valence-corrected chi connectivity index (χ2v) is 5.65. The summed E-state index contributed by atoms with van der Waals surface area (Å²) in [6.45, 7) is 0. The van der Waals surface area contributed by atoms with Crippen LogP contribution >= 0.6 is 0 Å². The first-order valence-electron chi connectivity index (χ1n) is 7.16. The minimum atomic E-state index is -0.306. The molecule has 2 aliphatic rings. The molecule has 20 heavy (non-hydrogen) atoms. The van der Waals surface area contributed by atoms with Gasteiger partial charge < -0.3 is 14.2 Å². The van der Waals surface area contributed by atoms with E-state index in [-0.39, 0.29) is 11.4 Å². The standard InChI is InChI=1S/C16H20O4/c1-18-11-8-13(19-2)15-12(17)10-16(20-14(15)9-11)6-4-3-5-7-16/h8-9H,3-7,10H2,1-2H3. The van der Waals surface area contributed by atoms with Crippen LogP contribution in [0.1, 0.15) is 48.9 Å². The van der Waals surface area contributed by atoms with E-state index in [9.17, 15) is 4.79 Å². The van der Waals surface area contributed by atoms with Crippen molar-refractivity contribution in [1.29, 1.82) is 0 Å². The van der Waals surface area contributed by atoms with Crippen LogP contribution in [0.4, 0.5) is 0 Å². The summed E-state index contributed by atoms with van der Waals surface area (Å²) < 4.78 is 16.8. The average molecular weight is 276 g/mol. The molecule has 4 heteroatoms. The maximum Gasteiger partial charge on any atom is 0.174 e. The number of fused-ring (bicyclic) bond motifs is 1. The monoisotopic (exact) mass is 276 g/mol. The minimum Gasteiger partial charge on any atom is -0.496 e. The molecule has 0 amide bonds. The number of ether oxygens (including phenoxy) is 3. The Hall–Kier alpha value is -1.71. The van der Waals surface area contributed by atoms with Gasteiger partial charge in [-0.3, -0.25) is 4.79 Å². The fourth-order valence-electron chi connectivity index (χ4n) is 3.33. The van der Waals surface area contributed by atoms with Gasteiger partial charge in [0.25, 0.3) is 0 Å². The molecule has 0 saturated heterocycles. The predicted octanol–water partition coefficient (Wildman–Crippen LogP) is 3.37. The summed E-state index contributed by atoms with van der Waals surface area (Å²) in [7, 11) is 3.16. The van der Waals surface area contributed by atoms with Crippen molar-refractivity contribution in [2.24, 2.45) is 0 Å². The molecule has 1 saturated carbocycles. The average Bonchev–Trinajstić information content (AvgIpc) is 2.46. The van der Waals surface area contributed by atoms with E-state index in [4.69, 9.17) is 14.2 Å². The van der Waals surface area contributed by atoms with Crippen LogP contribution in [-0.4, -0.2) is 25.6 Å². The zero-order chi connectivity index (χ0) is 14.2.